The third kappa shape index (κ3) is 2.25. The Morgan fingerprint density at radius 3 is 2.45 bits per heavy atom. The van der Waals surface area contributed by atoms with Crippen molar-refractivity contribution in [3.05, 3.63) is 60.2 Å². The van der Waals surface area contributed by atoms with E-state index in [2.05, 4.69) is 42.5 Å². The van der Waals surface area contributed by atoms with Crippen molar-refractivity contribution in [2.75, 3.05) is 0 Å². The molecule has 0 N–H and O–H groups in total. The van der Waals surface area contributed by atoms with E-state index >= 15 is 0 Å². The zero-order chi connectivity index (χ0) is 14.1. The van der Waals surface area contributed by atoms with Gasteiger partial charge in [0.05, 0.1) is 0 Å². The predicted octanol–water partition coefficient (Wildman–Crippen LogP) is 4.62. The summed E-state index contributed by atoms with van der Waals surface area (Å²) < 4.78 is 5.23. The highest BCUT2D eigenvalue weighted by molar-refractivity contribution is 6.07. The highest BCUT2D eigenvalue weighted by Gasteiger charge is 2.09. The van der Waals surface area contributed by atoms with Crippen LogP contribution < -0.4 is 0 Å². The topological polar surface area (TPSA) is 26.3 Å². The van der Waals surface area contributed by atoms with Crippen molar-refractivity contribution < 1.29 is 9.53 Å². The van der Waals surface area contributed by atoms with Gasteiger partial charge in [-0.2, -0.15) is 0 Å². The Hall–Kier alpha value is -2.35. The first-order chi connectivity index (χ1) is 9.65. The summed E-state index contributed by atoms with van der Waals surface area (Å²) in [5.74, 6) is -0.254. The molecule has 3 aromatic carbocycles. The van der Waals surface area contributed by atoms with Crippen LogP contribution in [0.3, 0.4) is 0 Å². The third-order valence-electron chi connectivity index (χ3n) is 3.58. The van der Waals surface area contributed by atoms with Crippen LogP contribution in [0.1, 0.15) is 25.5 Å². The van der Waals surface area contributed by atoms with Crippen LogP contribution >= 0.6 is 0 Å². The zero-order valence-electron chi connectivity index (χ0n) is 11.6. The monoisotopic (exact) mass is 264 g/mol. The average Bonchev–Trinajstić information content (AvgIpc) is 2.45. The quantitative estimate of drug-likeness (QED) is 0.499. The second-order valence-corrected chi connectivity index (χ2v) is 5.02. The van der Waals surface area contributed by atoms with E-state index < -0.39 is 0 Å². The number of hydrogen-bond donors (Lipinski definition) is 0. The summed E-state index contributed by atoms with van der Waals surface area (Å²) in [6.45, 7) is 3.33. The van der Waals surface area contributed by atoms with E-state index in [0.29, 0.717) is 0 Å². The van der Waals surface area contributed by atoms with Crippen LogP contribution in [-0.2, 0) is 9.53 Å². The number of carbonyl (C=O) groups is 1. The highest BCUT2D eigenvalue weighted by atomic mass is 16.5. The molecule has 0 unspecified atom stereocenters. The molecular formula is C18H16O2. The van der Waals surface area contributed by atoms with Gasteiger partial charge in [-0.05, 0) is 40.1 Å². The largest absolute Gasteiger partial charge is 0.458 e. The van der Waals surface area contributed by atoms with Crippen LogP contribution in [0.4, 0.5) is 0 Å². The number of esters is 1. The molecule has 0 fully saturated rings. The Morgan fingerprint density at radius 1 is 0.950 bits per heavy atom. The number of ether oxygens (including phenoxy) is 1. The summed E-state index contributed by atoms with van der Waals surface area (Å²) in [5, 5.41) is 4.87. The van der Waals surface area contributed by atoms with E-state index in [1.165, 1.54) is 28.5 Å². The molecule has 0 aliphatic rings. The van der Waals surface area contributed by atoms with Gasteiger partial charge in [-0.3, -0.25) is 4.79 Å². The van der Waals surface area contributed by atoms with Gasteiger partial charge in [0.1, 0.15) is 6.10 Å². The van der Waals surface area contributed by atoms with Crippen LogP contribution in [0.5, 0.6) is 0 Å². The average molecular weight is 264 g/mol. The summed E-state index contributed by atoms with van der Waals surface area (Å²) in [4.78, 5) is 11.0. The lowest BCUT2D eigenvalue weighted by Crippen LogP contribution is -2.04. The first kappa shape index (κ1) is 12.7. The summed E-state index contributed by atoms with van der Waals surface area (Å²) in [6.07, 6.45) is -0.219. The second kappa shape index (κ2) is 4.97. The van der Waals surface area contributed by atoms with E-state index in [0.717, 1.165) is 5.56 Å². The summed E-state index contributed by atoms with van der Waals surface area (Å²) in [7, 11) is 0. The molecule has 0 amide bonds. The zero-order valence-corrected chi connectivity index (χ0v) is 11.6. The van der Waals surface area contributed by atoms with E-state index in [4.69, 9.17) is 4.74 Å². The highest BCUT2D eigenvalue weighted by Crippen LogP contribution is 2.28. The van der Waals surface area contributed by atoms with E-state index in [9.17, 15) is 4.79 Å². The fourth-order valence-electron chi connectivity index (χ4n) is 2.60. The molecule has 2 nitrogen and oxygen atoms in total. The number of rotatable bonds is 2. The molecule has 3 aromatic rings. The third-order valence-corrected chi connectivity index (χ3v) is 3.58. The standard InChI is InChI=1S/C18H16O2/c1-12(20-13(2)19)15-9-10-18-16(11-15)8-7-14-5-3-4-6-17(14)18/h3-12H,1-2H3/t12-/m1/s1. The Labute approximate surface area is 118 Å². The lowest BCUT2D eigenvalue weighted by atomic mass is 9.99. The van der Waals surface area contributed by atoms with Gasteiger partial charge in [-0.1, -0.05) is 48.5 Å². The molecule has 1 atom stereocenters. The van der Waals surface area contributed by atoms with Gasteiger partial charge < -0.3 is 4.74 Å². The van der Waals surface area contributed by atoms with Gasteiger partial charge in [0.2, 0.25) is 0 Å². The lowest BCUT2D eigenvalue weighted by Gasteiger charge is -2.13. The number of benzene rings is 3. The van der Waals surface area contributed by atoms with Gasteiger partial charge in [0.25, 0.3) is 0 Å². The first-order valence-corrected chi connectivity index (χ1v) is 6.74. The van der Waals surface area contributed by atoms with Crippen LogP contribution in [0.25, 0.3) is 21.5 Å². The summed E-state index contributed by atoms with van der Waals surface area (Å²) >= 11 is 0. The SMILES string of the molecule is CC(=O)O[C@H](C)c1ccc2c(ccc3ccccc32)c1. The maximum Gasteiger partial charge on any atom is 0.303 e. The summed E-state index contributed by atoms with van der Waals surface area (Å²) in [6, 6.07) is 18.8. The van der Waals surface area contributed by atoms with Crippen molar-refractivity contribution >= 4 is 27.5 Å². The number of carbonyl (C=O) groups excluding carboxylic acids is 1. The van der Waals surface area contributed by atoms with Crippen LogP contribution in [0, 0.1) is 0 Å². The van der Waals surface area contributed by atoms with Crippen molar-refractivity contribution in [1.29, 1.82) is 0 Å². The van der Waals surface area contributed by atoms with Crippen LogP contribution in [0.15, 0.2) is 54.6 Å². The van der Waals surface area contributed by atoms with Gasteiger partial charge in [-0.15, -0.1) is 0 Å². The molecule has 0 aromatic heterocycles. The fourth-order valence-corrected chi connectivity index (χ4v) is 2.60. The molecule has 0 heterocycles. The molecule has 0 spiro atoms. The molecular weight excluding hydrogens is 248 g/mol. The molecule has 0 saturated carbocycles. The van der Waals surface area contributed by atoms with Crippen molar-refractivity contribution in [2.45, 2.75) is 20.0 Å². The van der Waals surface area contributed by atoms with Crippen molar-refractivity contribution in [2.24, 2.45) is 0 Å². The van der Waals surface area contributed by atoms with Crippen molar-refractivity contribution in [3.8, 4) is 0 Å². The molecule has 2 heteroatoms. The van der Waals surface area contributed by atoms with E-state index in [-0.39, 0.29) is 12.1 Å². The van der Waals surface area contributed by atoms with Crippen molar-refractivity contribution in [1.82, 2.24) is 0 Å². The Kier molecular flexibility index (Phi) is 3.15. The molecule has 0 radical (unpaired) electrons. The summed E-state index contributed by atoms with van der Waals surface area (Å²) in [5.41, 5.74) is 1.02. The molecule has 3 rings (SSSR count). The maximum atomic E-state index is 11.0. The maximum absolute atomic E-state index is 11.0. The second-order valence-electron chi connectivity index (χ2n) is 5.02. The normalized spacial score (nSPS) is 12.5. The van der Waals surface area contributed by atoms with Gasteiger partial charge in [0, 0.05) is 6.92 Å². The van der Waals surface area contributed by atoms with Gasteiger partial charge in [0.15, 0.2) is 0 Å². The van der Waals surface area contributed by atoms with E-state index in [1.54, 1.807) is 0 Å². The van der Waals surface area contributed by atoms with Crippen LogP contribution in [-0.4, -0.2) is 5.97 Å². The minimum Gasteiger partial charge on any atom is -0.458 e. The number of hydrogen-bond acceptors (Lipinski definition) is 2. The fraction of sp³-hybridized carbons (Fsp3) is 0.167. The molecule has 0 bridgehead atoms. The molecule has 0 aliphatic heterocycles. The Morgan fingerprint density at radius 2 is 1.65 bits per heavy atom. The molecule has 100 valence electrons. The van der Waals surface area contributed by atoms with Crippen LogP contribution in [0.2, 0.25) is 0 Å². The first-order valence-electron chi connectivity index (χ1n) is 6.74. The molecule has 0 aliphatic carbocycles. The van der Waals surface area contributed by atoms with Gasteiger partial charge >= 0.3 is 5.97 Å². The van der Waals surface area contributed by atoms with Gasteiger partial charge in [-0.25, -0.2) is 0 Å². The Bertz CT molecular complexity index is 790. The minimum atomic E-state index is -0.254. The van der Waals surface area contributed by atoms with Crippen molar-refractivity contribution in [3.63, 3.8) is 0 Å². The number of fused-ring (bicyclic) bond motifs is 3. The minimum absolute atomic E-state index is 0.219. The predicted molar refractivity (Wildman–Crippen MR) is 81.6 cm³/mol. The molecule has 0 saturated heterocycles. The lowest BCUT2D eigenvalue weighted by molar-refractivity contribution is -0.145. The van der Waals surface area contributed by atoms with E-state index in [1.807, 2.05) is 19.1 Å². The Balaban J connectivity index is 2.12. The molecule has 20 heavy (non-hydrogen) atoms. The smallest absolute Gasteiger partial charge is 0.303 e.